The predicted octanol–water partition coefficient (Wildman–Crippen LogP) is 3.64. The van der Waals surface area contributed by atoms with E-state index in [-0.39, 0.29) is 23.8 Å². The van der Waals surface area contributed by atoms with Crippen molar-refractivity contribution in [3.63, 3.8) is 0 Å². The van der Waals surface area contributed by atoms with Crippen molar-refractivity contribution in [2.24, 2.45) is 5.92 Å². The third kappa shape index (κ3) is 6.43. The van der Waals surface area contributed by atoms with Gasteiger partial charge in [0.1, 0.15) is 6.04 Å². The molecule has 156 valence electrons. The Morgan fingerprint density at radius 1 is 0.897 bits per heavy atom. The van der Waals surface area contributed by atoms with E-state index in [0.29, 0.717) is 12.1 Å². The molecular formula is C24H33N3O2. The van der Waals surface area contributed by atoms with Crippen molar-refractivity contribution in [1.82, 2.24) is 15.5 Å². The number of amides is 2. The second kappa shape index (κ2) is 11.4. The fourth-order valence-electron chi connectivity index (χ4n) is 3.45. The lowest BCUT2D eigenvalue weighted by atomic mass is 10.0. The van der Waals surface area contributed by atoms with Crippen LogP contribution >= 0.6 is 0 Å². The maximum atomic E-state index is 12.9. The van der Waals surface area contributed by atoms with Crippen LogP contribution < -0.4 is 10.6 Å². The first-order valence-electron chi connectivity index (χ1n) is 10.4. The summed E-state index contributed by atoms with van der Waals surface area (Å²) in [4.78, 5) is 27.8. The van der Waals surface area contributed by atoms with Crippen LogP contribution in [0.4, 0.5) is 0 Å². The van der Waals surface area contributed by atoms with Crippen LogP contribution in [0.5, 0.6) is 0 Å². The predicted molar refractivity (Wildman–Crippen MR) is 118 cm³/mol. The summed E-state index contributed by atoms with van der Waals surface area (Å²) in [5.74, 6) is -0.411. The van der Waals surface area contributed by atoms with Crippen molar-refractivity contribution >= 4 is 11.8 Å². The van der Waals surface area contributed by atoms with Crippen LogP contribution in [-0.4, -0.2) is 42.4 Å². The number of carbonyl (C=O) groups is 2. The third-order valence-corrected chi connectivity index (χ3v) is 5.18. The van der Waals surface area contributed by atoms with Gasteiger partial charge in [-0.3, -0.25) is 14.5 Å². The molecule has 2 aromatic carbocycles. The second-order valence-electron chi connectivity index (χ2n) is 7.45. The average Bonchev–Trinajstić information content (AvgIpc) is 2.75. The highest BCUT2D eigenvalue weighted by Gasteiger charge is 2.26. The van der Waals surface area contributed by atoms with Gasteiger partial charge >= 0.3 is 0 Å². The first-order chi connectivity index (χ1) is 14.0. The minimum absolute atomic E-state index is 0.0220. The Kier molecular flexibility index (Phi) is 8.87. The second-order valence-corrected chi connectivity index (χ2v) is 7.45. The minimum Gasteiger partial charge on any atom is -0.352 e. The number of nitrogens with zero attached hydrogens (tertiary/aromatic N) is 1. The molecule has 2 atom stereocenters. The van der Waals surface area contributed by atoms with Gasteiger partial charge in [-0.15, -0.1) is 0 Å². The molecular weight excluding hydrogens is 362 g/mol. The summed E-state index contributed by atoms with van der Waals surface area (Å²) < 4.78 is 0. The summed E-state index contributed by atoms with van der Waals surface area (Å²) >= 11 is 0. The van der Waals surface area contributed by atoms with E-state index in [0.717, 1.165) is 13.1 Å². The lowest BCUT2D eigenvalue weighted by molar-refractivity contribution is -0.124. The van der Waals surface area contributed by atoms with E-state index in [1.807, 2.05) is 50.2 Å². The van der Waals surface area contributed by atoms with Gasteiger partial charge in [0.15, 0.2) is 0 Å². The molecule has 2 aromatic rings. The maximum Gasteiger partial charge on any atom is 0.251 e. The van der Waals surface area contributed by atoms with E-state index >= 15 is 0 Å². The van der Waals surface area contributed by atoms with Crippen LogP contribution in [-0.2, 0) is 4.79 Å². The smallest absolute Gasteiger partial charge is 0.251 e. The molecule has 2 rings (SSSR count). The molecule has 0 saturated carbocycles. The Bertz CT molecular complexity index is 758. The van der Waals surface area contributed by atoms with E-state index in [9.17, 15) is 9.59 Å². The Morgan fingerprint density at radius 2 is 1.45 bits per heavy atom. The van der Waals surface area contributed by atoms with Crippen molar-refractivity contribution in [2.45, 2.75) is 39.8 Å². The minimum atomic E-state index is -0.587. The maximum absolute atomic E-state index is 12.9. The molecule has 29 heavy (non-hydrogen) atoms. The van der Waals surface area contributed by atoms with Crippen molar-refractivity contribution in [3.8, 4) is 0 Å². The quantitative estimate of drug-likeness (QED) is 0.646. The summed E-state index contributed by atoms with van der Waals surface area (Å²) in [6, 6.07) is 18.7. The lowest BCUT2D eigenvalue weighted by Gasteiger charge is -2.31. The zero-order valence-corrected chi connectivity index (χ0v) is 17.9. The number of hydrogen-bond donors (Lipinski definition) is 2. The van der Waals surface area contributed by atoms with Crippen LogP contribution in [0.25, 0.3) is 0 Å². The van der Waals surface area contributed by atoms with Crippen LogP contribution in [0, 0.1) is 5.92 Å². The van der Waals surface area contributed by atoms with Gasteiger partial charge in [0.05, 0.1) is 6.04 Å². The van der Waals surface area contributed by atoms with Gasteiger partial charge in [-0.05, 0) is 36.7 Å². The van der Waals surface area contributed by atoms with Gasteiger partial charge < -0.3 is 10.6 Å². The van der Waals surface area contributed by atoms with Gasteiger partial charge in [0, 0.05) is 12.1 Å². The molecule has 0 heterocycles. The monoisotopic (exact) mass is 395 g/mol. The van der Waals surface area contributed by atoms with Gasteiger partial charge in [0.25, 0.3) is 5.91 Å². The molecule has 0 radical (unpaired) electrons. The van der Waals surface area contributed by atoms with Gasteiger partial charge in [0.2, 0.25) is 5.91 Å². The number of carbonyl (C=O) groups excluding carboxylic acids is 2. The number of likely N-dealkylation sites (N-methyl/N-ethyl adjacent to an activating group) is 1. The topological polar surface area (TPSA) is 61.4 Å². The number of benzene rings is 2. The van der Waals surface area contributed by atoms with E-state index in [4.69, 9.17) is 0 Å². The summed E-state index contributed by atoms with van der Waals surface area (Å²) in [6.45, 7) is 10.4. The Labute approximate surface area is 174 Å². The van der Waals surface area contributed by atoms with Gasteiger partial charge in [-0.2, -0.15) is 0 Å². The number of nitrogens with one attached hydrogen (secondary N) is 2. The molecule has 0 spiro atoms. The summed E-state index contributed by atoms with van der Waals surface area (Å²) in [6.07, 6.45) is 0. The molecule has 0 aliphatic rings. The Balaban J connectivity index is 2.08. The summed E-state index contributed by atoms with van der Waals surface area (Å²) in [5, 5.41) is 5.96. The third-order valence-electron chi connectivity index (χ3n) is 5.18. The first-order valence-corrected chi connectivity index (χ1v) is 10.4. The van der Waals surface area contributed by atoms with Crippen molar-refractivity contribution < 1.29 is 9.59 Å². The van der Waals surface area contributed by atoms with E-state index in [1.54, 1.807) is 12.1 Å². The summed E-state index contributed by atoms with van der Waals surface area (Å²) in [7, 11) is 0. The Morgan fingerprint density at radius 3 is 1.97 bits per heavy atom. The normalized spacial score (nSPS) is 13.2. The lowest BCUT2D eigenvalue weighted by Crippen LogP contribution is -2.51. The van der Waals surface area contributed by atoms with Crippen LogP contribution in [0.15, 0.2) is 60.7 Å². The van der Waals surface area contributed by atoms with Crippen LogP contribution in [0.3, 0.4) is 0 Å². The summed E-state index contributed by atoms with van der Waals surface area (Å²) in [5.41, 5.74) is 1.72. The molecule has 5 nitrogen and oxygen atoms in total. The highest BCUT2D eigenvalue weighted by molar-refractivity contribution is 5.97. The first kappa shape index (κ1) is 22.6. The van der Waals surface area contributed by atoms with Gasteiger partial charge in [-0.25, -0.2) is 0 Å². The average molecular weight is 396 g/mol. The van der Waals surface area contributed by atoms with E-state index in [2.05, 4.69) is 41.5 Å². The standard InChI is InChI=1S/C24H33N3O2/c1-5-27(6-2)21(19-13-9-7-10-14-19)17-25-24(29)22(18(3)4)26-23(28)20-15-11-8-12-16-20/h7-16,18,21-22H,5-6,17H2,1-4H3,(H,25,29)(H,26,28). The molecule has 0 aromatic heterocycles. The Hall–Kier alpha value is -2.66. The molecule has 0 saturated heterocycles. The van der Waals surface area contributed by atoms with Crippen molar-refractivity contribution in [1.29, 1.82) is 0 Å². The zero-order chi connectivity index (χ0) is 21.2. The molecule has 5 heteroatoms. The molecule has 0 aliphatic heterocycles. The molecule has 0 fully saturated rings. The number of hydrogen-bond acceptors (Lipinski definition) is 3. The molecule has 2 N–H and O–H groups in total. The van der Waals surface area contributed by atoms with E-state index in [1.165, 1.54) is 5.56 Å². The van der Waals surface area contributed by atoms with Gasteiger partial charge in [-0.1, -0.05) is 76.2 Å². The van der Waals surface area contributed by atoms with Crippen molar-refractivity contribution in [3.05, 3.63) is 71.8 Å². The van der Waals surface area contributed by atoms with Crippen LogP contribution in [0.2, 0.25) is 0 Å². The highest BCUT2D eigenvalue weighted by atomic mass is 16.2. The fraction of sp³-hybridized carbons (Fsp3) is 0.417. The molecule has 2 unspecified atom stereocenters. The highest BCUT2D eigenvalue weighted by Crippen LogP contribution is 2.19. The SMILES string of the molecule is CCN(CC)C(CNC(=O)C(NC(=O)c1ccccc1)C(C)C)c1ccccc1. The largest absolute Gasteiger partial charge is 0.352 e. The van der Waals surface area contributed by atoms with E-state index < -0.39 is 6.04 Å². The molecule has 0 aliphatic carbocycles. The van der Waals surface area contributed by atoms with Crippen LogP contribution in [0.1, 0.15) is 49.7 Å². The zero-order valence-electron chi connectivity index (χ0n) is 17.9. The number of rotatable bonds is 10. The molecule has 2 amide bonds. The fourth-order valence-corrected chi connectivity index (χ4v) is 3.45. The van der Waals surface area contributed by atoms with Crippen molar-refractivity contribution in [2.75, 3.05) is 19.6 Å². The molecule has 0 bridgehead atoms.